The molecule has 0 bridgehead atoms. The molecule has 0 unspecified atom stereocenters. The summed E-state index contributed by atoms with van der Waals surface area (Å²) in [6, 6.07) is 3.53. The number of hydrogen-bond acceptors (Lipinski definition) is 9. The van der Waals surface area contributed by atoms with Gasteiger partial charge in [0.1, 0.15) is 35.0 Å². The van der Waals surface area contributed by atoms with Crippen molar-refractivity contribution in [2.75, 3.05) is 13.7 Å². The van der Waals surface area contributed by atoms with Crippen molar-refractivity contribution in [2.45, 2.75) is 120 Å². The number of aromatic nitrogens is 1. The third-order valence-corrected chi connectivity index (χ3v) is 14.4. The molecule has 312 valence electrons. The van der Waals surface area contributed by atoms with Crippen LogP contribution in [-0.2, 0) is 24.4 Å². The number of nitrogens with zero attached hydrogens (tertiary/aromatic N) is 3. The molecule has 3 N–H and O–H groups in total. The van der Waals surface area contributed by atoms with Gasteiger partial charge in [-0.05, 0) is 101 Å². The van der Waals surface area contributed by atoms with Crippen LogP contribution in [0.1, 0.15) is 79.6 Å². The minimum absolute atomic E-state index is 0.0546. The van der Waals surface area contributed by atoms with Crippen molar-refractivity contribution in [3.05, 3.63) is 42.6 Å². The van der Waals surface area contributed by atoms with E-state index in [0.717, 1.165) is 4.90 Å². The first-order chi connectivity index (χ1) is 26.5. The molecular formula is C39H50F3N5O9S. The van der Waals surface area contributed by atoms with Crippen molar-refractivity contribution in [1.29, 1.82) is 0 Å². The molecule has 0 radical (unpaired) electrons. The van der Waals surface area contributed by atoms with Gasteiger partial charge < -0.3 is 24.8 Å². The van der Waals surface area contributed by atoms with Gasteiger partial charge in [-0.2, -0.15) is 13.2 Å². The zero-order valence-corrected chi connectivity index (χ0v) is 33.6. The number of allylic oxidation sites excluding steroid dienone is 1. The average Bonchev–Trinajstić information content (AvgIpc) is 4.01. The first-order valence-electron chi connectivity index (χ1n) is 19.1. The van der Waals surface area contributed by atoms with E-state index in [4.69, 9.17) is 9.47 Å². The summed E-state index contributed by atoms with van der Waals surface area (Å²) in [6.07, 6.45) is -1.30. The predicted octanol–water partition coefficient (Wildman–Crippen LogP) is 5.17. The van der Waals surface area contributed by atoms with E-state index < -0.39 is 85.9 Å². The minimum atomic E-state index is -5.09. The maximum Gasteiger partial charge on any atom is 0.411 e. The summed E-state index contributed by atoms with van der Waals surface area (Å²) in [4.78, 5) is 61.8. The number of rotatable bonds is 8. The van der Waals surface area contributed by atoms with Gasteiger partial charge in [-0.15, -0.1) is 0 Å². The fourth-order valence-electron chi connectivity index (χ4n) is 8.09. The molecule has 57 heavy (non-hydrogen) atoms. The van der Waals surface area contributed by atoms with Gasteiger partial charge in [-0.1, -0.05) is 26.0 Å². The topological polar surface area (TPSA) is 185 Å². The number of hydrogen-bond donors (Lipinski definition) is 3. The van der Waals surface area contributed by atoms with Crippen LogP contribution in [0, 0.1) is 17.8 Å². The zero-order chi connectivity index (χ0) is 41.9. The van der Waals surface area contributed by atoms with Crippen LogP contribution in [-0.4, -0.2) is 106 Å². The molecule has 7 atom stereocenters. The number of benzene rings is 1. The highest BCUT2D eigenvalue weighted by Gasteiger charge is 2.64. The van der Waals surface area contributed by atoms with Gasteiger partial charge in [-0.3, -0.25) is 24.0 Å². The van der Waals surface area contributed by atoms with Crippen molar-refractivity contribution in [3.63, 3.8) is 0 Å². The average molecular weight is 822 g/mol. The lowest BCUT2D eigenvalue weighted by Crippen LogP contribution is -2.66. The van der Waals surface area contributed by atoms with Gasteiger partial charge in [0, 0.05) is 23.9 Å². The second-order valence-corrected chi connectivity index (χ2v) is 19.0. The lowest BCUT2D eigenvalue weighted by Gasteiger charge is -2.45. The Morgan fingerprint density at radius 1 is 1.12 bits per heavy atom. The number of pyridine rings is 1. The number of fused-ring (bicyclic) bond motifs is 3. The number of sulfonamides is 1. The van der Waals surface area contributed by atoms with E-state index in [1.807, 2.05) is 6.92 Å². The van der Waals surface area contributed by atoms with E-state index in [1.165, 1.54) is 27.2 Å². The number of methoxy groups -OCH3 is 1. The molecule has 2 aromatic rings. The Balaban J connectivity index is 1.42. The smallest absolute Gasteiger partial charge is 0.411 e. The summed E-state index contributed by atoms with van der Waals surface area (Å²) < 4.78 is 83.1. The van der Waals surface area contributed by atoms with E-state index in [1.54, 1.807) is 36.4 Å². The molecule has 2 aliphatic carbocycles. The summed E-state index contributed by atoms with van der Waals surface area (Å²) >= 11 is 0. The Bertz CT molecular complexity index is 2070. The molecule has 2 aliphatic heterocycles. The number of carboxylic acid groups (broad SMARTS) is 1. The fourth-order valence-corrected chi connectivity index (χ4v) is 9.40. The summed E-state index contributed by atoms with van der Waals surface area (Å²) in [7, 11) is -2.60. The van der Waals surface area contributed by atoms with E-state index in [0.29, 0.717) is 56.1 Å². The molecule has 18 heteroatoms. The highest BCUT2D eigenvalue weighted by atomic mass is 32.2. The number of alkyl halides is 3. The molecule has 3 heterocycles. The summed E-state index contributed by atoms with van der Waals surface area (Å²) in [5, 5.41) is 14.4. The normalized spacial score (nSPS) is 29.8. The molecule has 4 amide bonds. The molecular weight excluding hydrogens is 772 g/mol. The van der Waals surface area contributed by atoms with Gasteiger partial charge in [0.15, 0.2) is 0 Å². The first kappa shape index (κ1) is 42.0. The molecule has 6 rings (SSSR count). The highest BCUT2D eigenvalue weighted by molar-refractivity contribution is 7.91. The lowest BCUT2D eigenvalue weighted by molar-refractivity contribution is -0.222. The van der Waals surface area contributed by atoms with Crippen LogP contribution in [0.5, 0.6) is 11.6 Å². The van der Waals surface area contributed by atoms with Crippen molar-refractivity contribution in [2.24, 2.45) is 17.8 Å². The predicted molar refractivity (Wildman–Crippen MR) is 202 cm³/mol. The first-order valence-corrected chi connectivity index (χ1v) is 20.6. The van der Waals surface area contributed by atoms with Crippen molar-refractivity contribution >= 4 is 44.6 Å². The lowest BCUT2D eigenvalue weighted by atomic mass is 9.85. The Morgan fingerprint density at radius 3 is 2.46 bits per heavy atom. The van der Waals surface area contributed by atoms with Crippen LogP contribution in [0.15, 0.2) is 42.6 Å². The summed E-state index contributed by atoms with van der Waals surface area (Å²) in [5.41, 5.74) is -4.74. The monoisotopic (exact) mass is 821 g/mol. The van der Waals surface area contributed by atoms with E-state index in [2.05, 4.69) is 15.0 Å². The SMILES string of the molecule is COc1ccc2c(O[C@@H]3C[C@H]4C(=O)N[C@]5(C(=O)NS(=O)(=O)C6(C)CC6)C[C@H]5/C=C\CC[C@H](C)C[C@@H](C)[C@H](N(C(=O)O)C(C)(C)C(F)(F)F)C(=O)N4C3)nccc2c1. The summed E-state index contributed by atoms with van der Waals surface area (Å²) in [5.74, 6) is -3.88. The largest absolute Gasteiger partial charge is 0.497 e. The van der Waals surface area contributed by atoms with Gasteiger partial charge in [0.25, 0.3) is 5.91 Å². The number of carbonyl (C=O) groups is 4. The Hall–Kier alpha value is -4.61. The number of amides is 4. The van der Waals surface area contributed by atoms with Gasteiger partial charge in [-0.25, -0.2) is 18.2 Å². The molecule has 1 aromatic carbocycles. The van der Waals surface area contributed by atoms with Crippen molar-refractivity contribution < 1.29 is 55.3 Å². The molecule has 0 spiro atoms. The van der Waals surface area contributed by atoms with Gasteiger partial charge in [0.2, 0.25) is 27.7 Å². The summed E-state index contributed by atoms with van der Waals surface area (Å²) in [6.45, 7) is 5.93. The molecule has 14 nitrogen and oxygen atoms in total. The van der Waals surface area contributed by atoms with Crippen LogP contribution in [0.4, 0.5) is 18.0 Å². The van der Waals surface area contributed by atoms with E-state index in [9.17, 15) is 45.9 Å². The number of carbonyl (C=O) groups excluding carboxylic acids is 3. The fraction of sp³-hybridized carbons (Fsp3) is 0.615. The van der Waals surface area contributed by atoms with Crippen LogP contribution >= 0.6 is 0 Å². The number of nitrogens with one attached hydrogen (secondary N) is 2. The number of halogens is 3. The molecule has 3 fully saturated rings. The molecule has 4 aliphatic rings. The number of ether oxygens (including phenoxy) is 2. The van der Waals surface area contributed by atoms with Crippen LogP contribution < -0.4 is 19.5 Å². The zero-order valence-electron chi connectivity index (χ0n) is 32.8. The third kappa shape index (κ3) is 7.97. The van der Waals surface area contributed by atoms with E-state index >= 15 is 0 Å². The maximum atomic E-state index is 15.0. The highest BCUT2D eigenvalue weighted by Crippen LogP contribution is 2.48. The standard InChI is InChI=1S/C39H50F3N5O9S/c1-22-9-7-8-10-25-20-38(25,34(50)45-57(53,54)37(5)14-15-37)44-31(48)29-19-27(56-32-28-12-11-26(55-6)18-24(28)13-16-43-32)21-46(29)33(49)30(23(2)17-22)47(35(51)52)36(3,4)39(40,41)42/h8,10-13,16,18,22-23,25,27,29-30H,7,9,14-15,17,19-21H2,1-6H3,(H,44,48)(H,45,50)(H,51,52)/b10-8-/t22-,23+,25+,27+,29-,30-,38+/m0/s1. The van der Waals surface area contributed by atoms with E-state index in [-0.39, 0.29) is 42.5 Å². The quantitative estimate of drug-likeness (QED) is 0.301. The van der Waals surface area contributed by atoms with Crippen molar-refractivity contribution in [1.82, 2.24) is 24.8 Å². The molecule has 1 aromatic heterocycles. The second kappa shape index (κ2) is 15.0. The van der Waals surface area contributed by atoms with Crippen LogP contribution in [0.25, 0.3) is 10.8 Å². The third-order valence-electron chi connectivity index (χ3n) is 12.2. The minimum Gasteiger partial charge on any atom is -0.497 e. The Labute approximate surface area is 329 Å². The van der Waals surface area contributed by atoms with Crippen molar-refractivity contribution in [3.8, 4) is 11.6 Å². The van der Waals surface area contributed by atoms with Crippen LogP contribution in [0.3, 0.4) is 0 Å². The Morgan fingerprint density at radius 2 is 1.82 bits per heavy atom. The van der Waals surface area contributed by atoms with Gasteiger partial charge >= 0.3 is 12.3 Å². The van der Waals surface area contributed by atoms with Gasteiger partial charge in [0.05, 0.1) is 18.4 Å². The second-order valence-electron chi connectivity index (χ2n) is 16.8. The molecule has 2 saturated carbocycles. The maximum absolute atomic E-state index is 15.0. The Kier molecular flexibility index (Phi) is 11.0. The molecule has 1 saturated heterocycles. The van der Waals surface area contributed by atoms with Crippen LogP contribution in [0.2, 0.25) is 0 Å².